The van der Waals surface area contributed by atoms with Crippen LogP contribution in [0.5, 0.6) is 0 Å². The standard InChI is InChI=1S/C17H14N4/c1-12-11-21(20-16(12)13-5-3-2-4-6-13)15-8-10-19-17-14(15)7-9-18-17/h2-11H,1H3,(H,18,19). The zero-order valence-corrected chi connectivity index (χ0v) is 11.6. The second kappa shape index (κ2) is 4.59. The van der Waals surface area contributed by atoms with Gasteiger partial charge >= 0.3 is 0 Å². The van der Waals surface area contributed by atoms with Crippen LogP contribution in [0, 0.1) is 6.92 Å². The quantitative estimate of drug-likeness (QED) is 0.605. The predicted molar refractivity (Wildman–Crippen MR) is 83.4 cm³/mol. The number of fused-ring (bicyclic) bond motifs is 1. The molecule has 21 heavy (non-hydrogen) atoms. The fraction of sp³-hybridized carbons (Fsp3) is 0.0588. The van der Waals surface area contributed by atoms with Crippen molar-refractivity contribution in [3.05, 3.63) is 66.6 Å². The lowest BCUT2D eigenvalue weighted by Crippen LogP contribution is -1.96. The summed E-state index contributed by atoms with van der Waals surface area (Å²) in [6.07, 6.45) is 5.76. The Morgan fingerprint density at radius 1 is 1.05 bits per heavy atom. The van der Waals surface area contributed by atoms with Crippen LogP contribution < -0.4 is 0 Å². The molecule has 102 valence electrons. The summed E-state index contributed by atoms with van der Waals surface area (Å²) in [7, 11) is 0. The Bertz CT molecular complexity index is 903. The number of nitrogens with one attached hydrogen (secondary N) is 1. The van der Waals surface area contributed by atoms with Crippen LogP contribution in [0.1, 0.15) is 5.56 Å². The summed E-state index contributed by atoms with van der Waals surface area (Å²) in [6, 6.07) is 14.3. The number of rotatable bonds is 2. The van der Waals surface area contributed by atoms with Crippen LogP contribution in [0.3, 0.4) is 0 Å². The Hall–Kier alpha value is -2.88. The van der Waals surface area contributed by atoms with Gasteiger partial charge in [-0.05, 0) is 24.6 Å². The maximum absolute atomic E-state index is 4.76. The number of benzene rings is 1. The van der Waals surface area contributed by atoms with Crippen LogP contribution in [0.25, 0.3) is 28.0 Å². The summed E-state index contributed by atoms with van der Waals surface area (Å²) in [6.45, 7) is 2.08. The molecule has 3 aromatic heterocycles. The first-order valence-corrected chi connectivity index (χ1v) is 6.87. The molecule has 1 N–H and O–H groups in total. The third-order valence-corrected chi connectivity index (χ3v) is 3.63. The van der Waals surface area contributed by atoms with E-state index in [1.54, 1.807) is 6.20 Å². The number of aryl methyl sites for hydroxylation is 1. The van der Waals surface area contributed by atoms with E-state index in [4.69, 9.17) is 5.10 Å². The van der Waals surface area contributed by atoms with Gasteiger partial charge in [0.2, 0.25) is 0 Å². The first-order valence-electron chi connectivity index (χ1n) is 6.87. The lowest BCUT2D eigenvalue weighted by Gasteiger charge is -2.02. The fourth-order valence-corrected chi connectivity index (χ4v) is 2.61. The van der Waals surface area contributed by atoms with Crippen LogP contribution in [0.4, 0.5) is 0 Å². The fourth-order valence-electron chi connectivity index (χ4n) is 2.61. The lowest BCUT2D eigenvalue weighted by molar-refractivity contribution is 0.889. The van der Waals surface area contributed by atoms with Crippen molar-refractivity contribution in [2.45, 2.75) is 6.92 Å². The molecule has 4 rings (SSSR count). The number of H-pyrrole nitrogens is 1. The van der Waals surface area contributed by atoms with Crippen LogP contribution in [-0.2, 0) is 0 Å². The largest absolute Gasteiger partial charge is 0.346 e. The van der Waals surface area contributed by atoms with Crippen LogP contribution in [0.15, 0.2) is 61.1 Å². The molecule has 0 aliphatic carbocycles. The van der Waals surface area contributed by atoms with E-state index in [0.717, 1.165) is 33.5 Å². The minimum absolute atomic E-state index is 0.877. The van der Waals surface area contributed by atoms with E-state index in [-0.39, 0.29) is 0 Å². The number of hydrogen-bond donors (Lipinski definition) is 1. The van der Waals surface area contributed by atoms with Crippen molar-refractivity contribution in [3.8, 4) is 16.9 Å². The predicted octanol–water partition coefficient (Wildman–Crippen LogP) is 3.72. The number of aromatic nitrogens is 4. The van der Waals surface area contributed by atoms with Crippen LogP contribution in [-0.4, -0.2) is 19.7 Å². The Labute approximate surface area is 122 Å². The third kappa shape index (κ3) is 1.92. The number of hydrogen-bond acceptors (Lipinski definition) is 2. The molecule has 0 unspecified atom stereocenters. The average molecular weight is 274 g/mol. The van der Waals surface area contributed by atoms with E-state index >= 15 is 0 Å². The van der Waals surface area contributed by atoms with E-state index in [9.17, 15) is 0 Å². The molecule has 0 fully saturated rings. The highest BCUT2D eigenvalue weighted by Gasteiger charge is 2.11. The van der Waals surface area contributed by atoms with Crippen molar-refractivity contribution in [2.75, 3.05) is 0 Å². The van der Waals surface area contributed by atoms with E-state index in [2.05, 4.69) is 35.2 Å². The molecule has 4 aromatic rings. The molecule has 0 bridgehead atoms. The molecule has 0 radical (unpaired) electrons. The van der Waals surface area contributed by atoms with E-state index in [0.29, 0.717) is 0 Å². The van der Waals surface area contributed by atoms with Gasteiger partial charge in [0, 0.05) is 29.5 Å². The molecule has 0 saturated heterocycles. The maximum atomic E-state index is 4.76. The summed E-state index contributed by atoms with van der Waals surface area (Å²) in [5.41, 5.74) is 5.21. The summed E-state index contributed by atoms with van der Waals surface area (Å²) >= 11 is 0. The minimum Gasteiger partial charge on any atom is -0.346 e. The van der Waals surface area contributed by atoms with Crippen LogP contribution in [0.2, 0.25) is 0 Å². The molecule has 0 aliphatic rings. The van der Waals surface area contributed by atoms with Crippen LogP contribution >= 0.6 is 0 Å². The molecule has 4 nitrogen and oxygen atoms in total. The normalized spacial score (nSPS) is 11.1. The van der Waals surface area contributed by atoms with Gasteiger partial charge in [0.05, 0.1) is 11.4 Å². The molecular formula is C17H14N4. The molecule has 0 atom stereocenters. The molecule has 4 heteroatoms. The molecule has 0 spiro atoms. The second-order valence-corrected chi connectivity index (χ2v) is 5.04. The summed E-state index contributed by atoms with van der Waals surface area (Å²) < 4.78 is 1.93. The van der Waals surface area contributed by atoms with Gasteiger partial charge in [-0.1, -0.05) is 30.3 Å². The highest BCUT2D eigenvalue weighted by molar-refractivity contribution is 5.84. The lowest BCUT2D eigenvalue weighted by atomic mass is 10.1. The van der Waals surface area contributed by atoms with Crippen molar-refractivity contribution in [1.82, 2.24) is 19.7 Å². The summed E-state index contributed by atoms with van der Waals surface area (Å²) in [5, 5.41) is 5.82. The van der Waals surface area contributed by atoms with Gasteiger partial charge in [0.1, 0.15) is 5.65 Å². The van der Waals surface area contributed by atoms with Gasteiger partial charge in [-0.2, -0.15) is 5.10 Å². The molecule has 0 saturated carbocycles. The van der Waals surface area contributed by atoms with Gasteiger partial charge in [-0.25, -0.2) is 9.67 Å². The van der Waals surface area contributed by atoms with E-state index < -0.39 is 0 Å². The van der Waals surface area contributed by atoms with Gasteiger partial charge in [0.25, 0.3) is 0 Å². The Balaban J connectivity index is 1.89. The minimum atomic E-state index is 0.877. The smallest absolute Gasteiger partial charge is 0.139 e. The number of nitrogens with zero attached hydrogens (tertiary/aromatic N) is 3. The van der Waals surface area contributed by atoms with Gasteiger partial charge < -0.3 is 4.98 Å². The van der Waals surface area contributed by atoms with Crippen molar-refractivity contribution in [2.24, 2.45) is 0 Å². The first kappa shape index (κ1) is 11.9. The molecule has 0 amide bonds. The zero-order chi connectivity index (χ0) is 14.2. The van der Waals surface area contributed by atoms with Crippen molar-refractivity contribution in [1.29, 1.82) is 0 Å². The van der Waals surface area contributed by atoms with E-state index in [1.165, 1.54) is 0 Å². The first-order chi connectivity index (χ1) is 10.3. The van der Waals surface area contributed by atoms with Gasteiger partial charge in [0.15, 0.2) is 0 Å². The van der Waals surface area contributed by atoms with Crippen molar-refractivity contribution < 1.29 is 0 Å². The number of pyridine rings is 1. The monoisotopic (exact) mass is 274 g/mol. The maximum Gasteiger partial charge on any atom is 0.139 e. The highest BCUT2D eigenvalue weighted by Crippen LogP contribution is 2.25. The zero-order valence-electron chi connectivity index (χ0n) is 11.6. The summed E-state index contributed by atoms with van der Waals surface area (Å²) in [5.74, 6) is 0. The van der Waals surface area contributed by atoms with Crippen molar-refractivity contribution in [3.63, 3.8) is 0 Å². The average Bonchev–Trinajstić information content (AvgIpc) is 3.14. The van der Waals surface area contributed by atoms with Gasteiger partial charge in [-0.3, -0.25) is 0 Å². The molecule has 3 heterocycles. The molecule has 0 aliphatic heterocycles. The molecular weight excluding hydrogens is 260 g/mol. The Kier molecular flexibility index (Phi) is 2.60. The topological polar surface area (TPSA) is 46.5 Å². The SMILES string of the molecule is Cc1cn(-c2ccnc3[nH]ccc23)nc1-c1ccccc1. The van der Waals surface area contributed by atoms with Crippen molar-refractivity contribution >= 4 is 11.0 Å². The highest BCUT2D eigenvalue weighted by atomic mass is 15.3. The number of aromatic amines is 1. The third-order valence-electron chi connectivity index (χ3n) is 3.63. The Morgan fingerprint density at radius 2 is 1.90 bits per heavy atom. The molecule has 1 aromatic carbocycles. The van der Waals surface area contributed by atoms with E-state index in [1.807, 2.05) is 41.2 Å². The summed E-state index contributed by atoms with van der Waals surface area (Å²) in [4.78, 5) is 7.45. The van der Waals surface area contributed by atoms with Gasteiger partial charge in [-0.15, -0.1) is 0 Å². The second-order valence-electron chi connectivity index (χ2n) is 5.04. The Morgan fingerprint density at radius 3 is 2.76 bits per heavy atom.